The van der Waals surface area contributed by atoms with Crippen molar-refractivity contribution in [2.45, 2.75) is 53.1 Å². The summed E-state index contributed by atoms with van der Waals surface area (Å²) in [5.74, 6) is -1.00. The zero-order valence-electron chi connectivity index (χ0n) is 18.3. The normalized spacial score (nSPS) is 11.3. The highest BCUT2D eigenvalue weighted by atomic mass is 19.1. The molecule has 0 unspecified atom stereocenters. The molecule has 164 valence electrons. The lowest BCUT2D eigenvalue weighted by Gasteiger charge is -2.10. The molecular formula is C25H29FN2O3. The van der Waals surface area contributed by atoms with Gasteiger partial charge in [0.25, 0.3) is 0 Å². The average molecular weight is 425 g/mol. The van der Waals surface area contributed by atoms with Crippen LogP contribution in [0.15, 0.2) is 53.3 Å². The highest BCUT2D eigenvalue weighted by Crippen LogP contribution is 2.24. The highest BCUT2D eigenvalue weighted by Gasteiger charge is 2.20. The first-order valence-corrected chi connectivity index (χ1v) is 10.7. The predicted octanol–water partition coefficient (Wildman–Crippen LogP) is 5.20. The van der Waals surface area contributed by atoms with Crippen LogP contribution in [0, 0.1) is 11.9 Å². The second kappa shape index (κ2) is 9.77. The van der Waals surface area contributed by atoms with Crippen molar-refractivity contribution in [3.63, 3.8) is 0 Å². The molecule has 1 aromatic heterocycles. The van der Waals surface area contributed by atoms with Crippen molar-refractivity contribution in [2.75, 3.05) is 0 Å². The minimum atomic E-state index is -0.978. The molecule has 31 heavy (non-hydrogen) atoms. The van der Waals surface area contributed by atoms with Crippen LogP contribution < -0.4 is 5.69 Å². The minimum Gasteiger partial charge on any atom is -0.478 e. The fraction of sp³-hybridized carbons (Fsp3) is 0.360. The summed E-state index contributed by atoms with van der Waals surface area (Å²) in [6.45, 7) is 6.72. The molecule has 3 aromatic rings. The fourth-order valence-electron chi connectivity index (χ4n) is 3.75. The van der Waals surface area contributed by atoms with Crippen LogP contribution in [0.2, 0.25) is 0 Å². The van der Waals surface area contributed by atoms with E-state index in [4.69, 9.17) is 0 Å². The summed E-state index contributed by atoms with van der Waals surface area (Å²) in [6.07, 6.45) is 2.00. The zero-order chi connectivity index (χ0) is 22.5. The van der Waals surface area contributed by atoms with E-state index in [1.165, 1.54) is 9.13 Å². The number of benzene rings is 2. The van der Waals surface area contributed by atoms with Crippen LogP contribution in [0.1, 0.15) is 55.2 Å². The maximum Gasteiger partial charge on any atom is 0.336 e. The van der Waals surface area contributed by atoms with E-state index in [2.05, 4.69) is 13.8 Å². The van der Waals surface area contributed by atoms with Crippen LogP contribution in [0.3, 0.4) is 0 Å². The van der Waals surface area contributed by atoms with Gasteiger partial charge in [-0.3, -0.25) is 9.13 Å². The molecule has 0 atom stereocenters. The van der Waals surface area contributed by atoms with Crippen molar-refractivity contribution in [3.05, 3.63) is 81.8 Å². The van der Waals surface area contributed by atoms with Gasteiger partial charge in [-0.1, -0.05) is 63.2 Å². The number of nitrogens with zero attached hydrogens (tertiary/aromatic N) is 2. The topological polar surface area (TPSA) is 64.2 Å². The van der Waals surface area contributed by atoms with Gasteiger partial charge in [0.15, 0.2) is 0 Å². The number of carboxylic acids is 1. The van der Waals surface area contributed by atoms with Gasteiger partial charge in [0.2, 0.25) is 5.95 Å². The molecule has 5 nitrogen and oxygen atoms in total. The Bertz CT molecular complexity index is 1110. The van der Waals surface area contributed by atoms with Crippen LogP contribution >= 0.6 is 0 Å². The number of carbonyl (C=O) groups is 1. The molecule has 0 aliphatic rings. The molecule has 2 aromatic carbocycles. The summed E-state index contributed by atoms with van der Waals surface area (Å²) in [5.41, 5.74) is 2.64. The first-order valence-electron chi connectivity index (χ1n) is 10.7. The van der Waals surface area contributed by atoms with Gasteiger partial charge in [-0.05, 0) is 47.9 Å². The molecule has 3 rings (SSSR count). The third-order valence-corrected chi connectivity index (χ3v) is 5.43. The van der Waals surface area contributed by atoms with Gasteiger partial charge in [0.1, 0.15) is 0 Å². The lowest BCUT2D eigenvalue weighted by Crippen LogP contribution is -2.26. The van der Waals surface area contributed by atoms with Crippen LogP contribution in [0.25, 0.3) is 11.1 Å². The number of halogens is 1. The minimum absolute atomic E-state index is 0.237. The van der Waals surface area contributed by atoms with E-state index >= 15 is 0 Å². The quantitative estimate of drug-likeness (QED) is 0.513. The highest BCUT2D eigenvalue weighted by molar-refractivity contribution is 5.95. The largest absolute Gasteiger partial charge is 0.478 e. The van der Waals surface area contributed by atoms with Gasteiger partial charge in [-0.15, -0.1) is 0 Å². The standard InChI is InChI=1S/C25H29FN2O3/c1-4-15-27-23(26)22(14-9-17(2)3)28(25(27)31)16-18-10-12-19(13-11-18)20-7-5-6-8-21(20)24(29)30/h5-8,10-13,17H,4,9,14-16H2,1-3H3,(H,29,30). The Labute approximate surface area is 181 Å². The monoisotopic (exact) mass is 424 g/mol. The van der Waals surface area contributed by atoms with Gasteiger partial charge in [0.05, 0.1) is 17.8 Å². The van der Waals surface area contributed by atoms with Gasteiger partial charge in [-0.2, -0.15) is 4.39 Å². The van der Waals surface area contributed by atoms with Crippen LogP contribution in [-0.2, 0) is 19.5 Å². The third kappa shape index (κ3) is 4.95. The average Bonchev–Trinajstić information content (AvgIpc) is 2.97. The third-order valence-electron chi connectivity index (χ3n) is 5.43. The Kier molecular flexibility index (Phi) is 7.10. The molecule has 0 bridgehead atoms. The molecule has 0 saturated carbocycles. The summed E-state index contributed by atoms with van der Waals surface area (Å²) in [4.78, 5) is 24.4. The second-order valence-electron chi connectivity index (χ2n) is 8.24. The molecule has 0 aliphatic heterocycles. The number of hydrogen-bond acceptors (Lipinski definition) is 2. The van der Waals surface area contributed by atoms with Gasteiger partial charge in [0, 0.05) is 6.54 Å². The van der Waals surface area contributed by atoms with Crippen molar-refractivity contribution in [2.24, 2.45) is 5.92 Å². The molecule has 0 amide bonds. The van der Waals surface area contributed by atoms with Crippen molar-refractivity contribution in [3.8, 4) is 11.1 Å². The van der Waals surface area contributed by atoms with E-state index in [-0.39, 0.29) is 17.8 Å². The summed E-state index contributed by atoms with van der Waals surface area (Å²) in [7, 11) is 0. The predicted molar refractivity (Wildman–Crippen MR) is 120 cm³/mol. The molecule has 1 N–H and O–H groups in total. The van der Waals surface area contributed by atoms with Crippen molar-refractivity contribution >= 4 is 5.97 Å². The Hall–Kier alpha value is -3.15. The number of rotatable bonds is 9. The number of aromatic nitrogens is 2. The Morgan fingerprint density at radius 1 is 1.06 bits per heavy atom. The van der Waals surface area contributed by atoms with Crippen LogP contribution in [0.4, 0.5) is 4.39 Å². The molecule has 0 radical (unpaired) electrons. The fourth-order valence-corrected chi connectivity index (χ4v) is 3.75. The van der Waals surface area contributed by atoms with Gasteiger partial charge >= 0.3 is 11.7 Å². The zero-order valence-corrected chi connectivity index (χ0v) is 18.3. The van der Waals surface area contributed by atoms with E-state index in [0.29, 0.717) is 36.6 Å². The van der Waals surface area contributed by atoms with Gasteiger partial charge in [-0.25, -0.2) is 9.59 Å². The number of carboxylic acid groups (broad SMARTS) is 1. The first-order chi connectivity index (χ1) is 14.8. The number of hydrogen-bond donors (Lipinski definition) is 1. The Balaban J connectivity index is 1.93. The molecular weight excluding hydrogens is 395 g/mol. The molecule has 1 heterocycles. The van der Waals surface area contributed by atoms with E-state index in [9.17, 15) is 19.1 Å². The van der Waals surface area contributed by atoms with Crippen LogP contribution in [0.5, 0.6) is 0 Å². The lowest BCUT2D eigenvalue weighted by molar-refractivity contribution is 0.0697. The lowest BCUT2D eigenvalue weighted by atomic mass is 9.98. The molecule has 0 saturated heterocycles. The Morgan fingerprint density at radius 3 is 2.35 bits per heavy atom. The number of imidazole rings is 1. The van der Waals surface area contributed by atoms with E-state index in [0.717, 1.165) is 17.5 Å². The van der Waals surface area contributed by atoms with Crippen molar-refractivity contribution in [1.82, 2.24) is 9.13 Å². The summed E-state index contributed by atoms with van der Waals surface area (Å²) < 4.78 is 17.8. The van der Waals surface area contributed by atoms with Crippen LogP contribution in [-0.4, -0.2) is 20.2 Å². The summed E-state index contributed by atoms with van der Waals surface area (Å²) >= 11 is 0. The molecule has 6 heteroatoms. The summed E-state index contributed by atoms with van der Waals surface area (Å²) in [5, 5.41) is 9.42. The van der Waals surface area contributed by atoms with Crippen molar-refractivity contribution < 1.29 is 14.3 Å². The first kappa shape index (κ1) is 22.5. The Morgan fingerprint density at radius 2 is 1.74 bits per heavy atom. The molecule has 0 spiro atoms. The maximum absolute atomic E-state index is 15.0. The molecule has 0 aliphatic carbocycles. The van der Waals surface area contributed by atoms with Crippen molar-refractivity contribution in [1.29, 1.82) is 0 Å². The molecule has 0 fully saturated rings. The second-order valence-corrected chi connectivity index (χ2v) is 8.24. The van der Waals surface area contributed by atoms with E-state index in [1.54, 1.807) is 24.3 Å². The SMILES string of the molecule is CCCn1c(F)c(CCC(C)C)n(Cc2ccc(-c3ccccc3C(=O)O)cc2)c1=O. The maximum atomic E-state index is 15.0. The van der Waals surface area contributed by atoms with E-state index in [1.807, 2.05) is 31.2 Å². The number of aromatic carboxylic acids is 1. The summed E-state index contributed by atoms with van der Waals surface area (Å²) in [6, 6.07) is 14.3. The van der Waals surface area contributed by atoms with E-state index < -0.39 is 11.9 Å². The van der Waals surface area contributed by atoms with Gasteiger partial charge < -0.3 is 5.11 Å². The smallest absolute Gasteiger partial charge is 0.336 e.